The van der Waals surface area contributed by atoms with Crippen LogP contribution in [0.15, 0.2) is 24.5 Å². The van der Waals surface area contributed by atoms with Crippen molar-refractivity contribution in [2.45, 2.75) is 37.6 Å². The van der Waals surface area contributed by atoms with Crippen molar-refractivity contribution < 1.29 is 4.79 Å². The maximum absolute atomic E-state index is 11.7. The zero-order valence-corrected chi connectivity index (χ0v) is 19.0. The van der Waals surface area contributed by atoms with Crippen molar-refractivity contribution in [3.05, 3.63) is 40.3 Å². The van der Waals surface area contributed by atoms with Gasteiger partial charge in [-0.1, -0.05) is 23.2 Å². The minimum Gasteiger partial charge on any atom is -0.320 e. The van der Waals surface area contributed by atoms with Crippen LogP contribution in [-0.4, -0.2) is 51.1 Å². The summed E-state index contributed by atoms with van der Waals surface area (Å²) in [4.78, 5) is 23.0. The van der Waals surface area contributed by atoms with Gasteiger partial charge in [0.05, 0.1) is 22.9 Å². The lowest BCUT2D eigenvalue weighted by atomic mass is 9.81. The van der Waals surface area contributed by atoms with Crippen LogP contribution in [0.1, 0.15) is 37.7 Å². The van der Waals surface area contributed by atoms with Gasteiger partial charge in [-0.2, -0.15) is 5.10 Å². The number of benzene rings is 1. The van der Waals surface area contributed by atoms with E-state index in [1.54, 1.807) is 12.4 Å². The number of carbonyl (C=O) groups is 1. The number of fused-ring (bicyclic) bond motifs is 1. The van der Waals surface area contributed by atoms with Crippen LogP contribution in [0.4, 0.5) is 11.6 Å². The number of carbonyl (C=O) groups excluding carboxylic acids is 1. The summed E-state index contributed by atoms with van der Waals surface area (Å²) in [7, 11) is 2.04. The molecule has 7 nitrogen and oxygen atoms in total. The van der Waals surface area contributed by atoms with Crippen LogP contribution in [0.2, 0.25) is 10.2 Å². The molecule has 1 aromatic carbocycles. The largest absolute Gasteiger partial charge is 0.320 e. The molecule has 0 bridgehead atoms. The Bertz CT molecular complexity index is 1160. The molecule has 2 unspecified atom stereocenters. The van der Waals surface area contributed by atoms with Crippen LogP contribution in [0.25, 0.3) is 10.9 Å². The van der Waals surface area contributed by atoms with Gasteiger partial charge in [-0.3, -0.25) is 0 Å². The molecular formula is C22H24Cl2N6O. The first kappa shape index (κ1) is 20.7. The van der Waals surface area contributed by atoms with Crippen molar-refractivity contribution >= 4 is 52.0 Å². The average Bonchev–Trinajstić information content (AvgIpc) is 3.39. The molecule has 2 fully saturated rings. The van der Waals surface area contributed by atoms with Crippen LogP contribution < -0.4 is 5.32 Å². The number of piperidine rings is 1. The van der Waals surface area contributed by atoms with Gasteiger partial charge in [-0.05, 0) is 63.4 Å². The van der Waals surface area contributed by atoms with Crippen LogP contribution >= 0.6 is 23.2 Å². The molecule has 3 aromatic rings. The molecule has 162 valence electrons. The maximum atomic E-state index is 11.7. The number of rotatable bonds is 5. The Morgan fingerprint density at radius 3 is 2.81 bits per heavy atom. The molecule has 2 aliphatic rings. The fourth-order valence-corrected chi connectivity index (χ4v) is 5.05. The molecule has 1 aliphatic heterocycles. The van der Waals surface area contributed by atoms with Gasteiger partial charge in [0.25, 0.3) is 0 Å². The summed E-state index contributed by atoms with van der Waals surface area (Å²) >= 11 is 13.1. The summed E-state index contributed by atoms with van der Waals surface area (Å²) in [5.74, 6) is 0.448. The monoisotopic (exact) mass is 458 g/mol. The van der Waals surface area contributed by atoms with E-state index in [-0.39, 0.29) is 17.4 Å². The Hall–Kier alpha value is -2.22. The standard InChI is InChI=1S/C22H24Cl2N6O/c1-22(4-5-22)30-20(24)19(10-26-30)28-21-25-9-13-7-17(23)16(8-18(13)27-21)15-3-6-29(2)11-14(15)12-31/h7-10,12,14-15H,3-6,11H2,1-2H3,(H,25,27,28). The van der Waals surface area contributed by atoms with Crippen molar-refractivity contribution in [3.8, 4) is 0 Å². The molecule has 31 heavy (non-hydrogen) atoms. The van der Waals surface area contributed by atoms with Crippen molar-refractivity contribution in [2.75, 3.05) is 25.5 Å². The Morgan fingerprint density at radius 1 is 1.26 bits per heavy atom. The van der Waals surface area contributed by atoms with Crippen LogP contribution in [0, 0.1) is 5.92 Å². The normalized spacial score (nSPS) is 23.1. The number of hydrogen-bond donors (Lipinski definition) is 1. The first-order valence-corrected chi connectivity index (χ1v) is 11.2. The van der Waals surface area contributed by atoms with Crippen molar-refractivity contribution in [1.82, 2.24) is 24.6 Å². The summed E-state index contributed by atoms with van der Waals surface area (Å²) in [6.45, 7) is 3.81. The minimum absolute atomic E-state index is 0.0100. The van der Waals surface area contributed by atoms with Gasteiger partial charge in [-0.15, -0.1) is 0 Å². The number of aromatic nitrogens is 4. The highest BCUT2D eigenvalue weighted by Crippen LogP contribution is 2.45. The number of hydrogen-bond acceptors (Lipinski definition) is 6. The Morgan fingerprint density at radius 2 is 2.06 bits per heavy atom. The number of anilines is 2. The average molecular weight is 459 g/mol. The maximum Gasteiger partial charge on any atom is 0.227 e. The van der Waals surface area contributed by atoms with Gasteiger partial charge >= 0.3 is 0 Å². The van der Waals surface area contributed by atoms with E-state index in [4.69, 9.17) is 23.2 Å². The lowest BCUT2D eigenvalue weighted by Gasteiger charge is -2.34. The summed E-state index contributed by atoms with van der Waals surface area (Å²) < 4.78 is 1.86. The second-order valence-electron chi connectivity index (χ2n) is 8.97. The smallest absolute Gasteiger partial charge is 0.227 e. The highest BCUT2D eigenvalue weighted by Gasteiger charge is 2.42. The molecule has 1 aliphatic carbocycles. The van der Waals surface area contributed by atoms with E-state index >= 15 is 0 Å². The van der Waals surface area contributed by atoms with Gasteiger partial charge in [-0.25, -0.2) is 14.6 Å². The van der Waals surface area contributed by atoms with Gasteiger partial charge in [0.15, 0.2) is 5.15 Å². The molecule has 9 heteroatoms. The molecular weight excluding hydrogens is 435 g/mol. The quantitative estimate of drug-likeness (QED) is 0.562. The predicted octanol–water partition coefficient (Wildman–Crippen LogP) is 4.62. The zero-order valence-electron chi connectivity index (χ0n) is 17.5. The summed E-state index contributed by atoms with van der Waals surface area (Å²) in [6, 6.07) is 3.88. The van der Waals surface area contributed by atoms with Gasteiger partial charge in [0.2, 0.25) is 5.95 Å². The Labute approximate surface area is 190 Å². The summed E-state index contributed by atoms with van der Waals surface area (Å²) in [5, 5.41) is 9.68. The summed E-state index contributed by atoms with van der Waals surface area (Å²) in [5.41, 5.74) is 2.44. The van der Waals surface area contributed by atoms with E-state index < -0.39 is 0 Å². The third-order valence-corrected chi connectivity index (χ3v) is 7.27. The molecule has 0 spiro atoms. The highest BCUT2D eigenvalue weighted by molar-refractivity contribution is 6.32. The Kier molecular flexibility index (Phi) is 5.15. The second kappa shape index (κ2) is 7.73. The molecule has 2 aromatic heterocycles. The molecule has 1 N–H and O–H groups in total. The number of nitrogens with one attached hydrogen (secondary N) is 1. The highest BCUT2D eigenvalue weighted by atomic mass is 35.5. The number of halogens is 2. The fourth-order valence-electron chi connectivity index (χ4n) is 4.39. The fraction of sp³-hybridized carbons (Fsp3) is 0.455. The van der Waals surface area contributed by atoms with E-state index in [1.807, 2.05) is 23.9 Å². The molecule has 1 saturated carbocycles. The van der Waals surface area contributed by atoms with Gasteiger partial charge < -0.3 is 15.0 Å². The lowest BCUT2D eigenvalue weighted by Crippen LogP contribution is -2.37. The third kappa shape index (κ3) is 3.79. The van der Waals surface area contributed by atoms with Crippen LogP contribution in [0.3, 0.4) is 0 Å². The lowest BCUT2D eigenvalue weighted by molar-refractivity contribution is -0.113. The molecule has 5 rings (SSSR count). The third-order valence-electron chi connectivity index (χ3n) is 6.58. The summed E-state index contributed by atoms with van der Waals surface area (Å²) in [6.07, 6.45) is 7.53. The van der Waals surface area contributed by atoms with Gasteiger partial charge in [0.1, 0.15) is 6.29 Å². The first-order chi connectivity index (χ1) is 14.9. The SMILES string of the molecule is CN1CCC(c2cc3nc(Nc4cnn(C5(C)CC5)c4Cl)ncc3cc2Cl)C(C=O)C1. The number of nitrogens with zero attached hydrogens (tertiary/aromatic N) is 5. The molecule has 0 radical (unpaired) electrons. The molecule has 3 heterocycles. The topological polar surface area (TPSA) is 75.9 Å². The van der Waals surface area contributed by atoms with Crippen molar-refractivity contribution in [2.24, 2.45) is 5.92 Å². The van der Waals surface area contributed by atoms with E-state index in [9.17, 15) is 4.79 Å². The number of likely N-dealkylation sites (tertiary alicyclic amines) is 1. The van der Waals surface area contributed by atoms with Crippen molar-refractivity contribution in [1.29, 1.82) is 0 Å². The van der Waals surface area contributed by atoms with E-state index in [1.165, 1.54) is 0 Å². The molecule has 1 saturated heterocycles. The molecule has 0 amide bonds. The van der Waals surface area contributed by atoms with Gasteiger partial charge in [0, 0.05) is 29.1 Å². The van der Waals surface area contributed by atoms with Crippen LogP contribution in [0.5, 0.6) is 0 Å². The number of aldehydes is 1. The van der Waals surface area contributed by atoms with Crippen LogP contribution in [-0.2, 0) is 10.3 Å². The van der Waals surface area contributed by atoms with E-state index in [0.29, 0.717) is 21.8 Å². The van der Waals surface area contributed by atoms with E-state index in [0.717, 1.165) is 55.1 Å². The zero-order chi connectivity index (χ0) is 21.8. The van der Waals surface area contributed by atoms with Crippen molar-refractivity contribution in [3.63, 3.8) is 0 Å². The van der Waals surface area contributed by atoms with E-state index in [2.05, 4.69) is 32.2 Å². The Balaban J connectivity index is 1.46. The molecule has 2 atom stereocenters. The first-order valence-electron chi connectivity index (χ1n) is 10.5. The predicted molar refractivity (Wildman–Crippen MR) is 122 cm³/mol. The second-order valence-corrected chi connectivity index (χ2v) is 9.73. The minimum atomic E-state index is -0.0819.